The van der Waals surface area contributed by atoms with Crippen molar-refractivity contribution in [1.82, 2.24) is 9.80 Å². The highest BCUT2D eigenvalue weighted by atomic mass is 35.5. The molecule has 142 valence electrons. The first-order valence-corrected chi connectivity index (χ1v) is 10.8. The first-order chi connectivity index (χ1) is 12.3. The third-order valence-electron chi connectivity index (χ3n) is 5.26. The summed E-state index contributed by atoms with van der Waals surface area (Å²) >= 11 is 13.7. The van der Waals surface area contributed by atoms with Gasteiger partial charge in [-0.15, -0.1) is 23.4 Å². The average Bonchev–Trinajstić information content (AvgIpc) is 3.05. The molecule has 4 nitrogen and oxygen atoms in total. The normalized spacial score (nSPS) is 19.8. The third-order valence-corrected chi connectivity index (χ3v) is 7.73. The zero-order chi connectivity index (χ0) is 18.9. The molecule has 0 N–H and O–H groups in total. The van der Waals surface area contributed by atoms with Gasteiger partial charge in [0.05, 0.1) is 10.3 Å². The number of hydrogen-bond acceptors (Lipinski definition) is 3. The average molecular weight is 415 g/mol. The number of piperidine rings is 1. The molecule has 26 heavy (non-hydrogen) atoms. The standard InChI is InChI=1S/C19H24Cl2N2O2S/c1-18(2,13-20)17(25)22-9-7-19(8-10-22)23(11-12-26-19)16(24)14-3-5-15(21)6-4-14/h3-6H,7-13H2,1-2H3. The van der Waals surface area contributed by atoms with Crippen molar-refractivity contribution in [3.8, 4) is 0 Å². The molecule has 2 fully saturated rings. The third kappa shape index (κ3) is 3.71. The number of nitrogens with zero attached hydrogens (tertiary/aromatic N) is 2. The van der Waals surface area contributed by atoms with Crippen LogP contribution in [0.25, 0.3) is 0 Å². The molecule has 2 aliphatic heterocycles. The minimum atomic E-state index is -0.548. The summed E-state index contributed by atoms with van der Waals surface area (Å²) in [6, 6.07) is 7.06. The number of benzene rings is 1. The Morgan fingerprint density at radius 3 is 2.35 bits per heavy atom. The SMILES string of the molecule is CC(C)(CCl)C(=O)N1CCC2(CC1)SCCN2C(=O)c1ccc(Cl)cc1. The zero-order valence-electron chi connectivity index (χ0n) is 15.1. The summed E-state index contributed by atoms with van der Waals surface area (Å²) in [5.74, 6) is 1.39. The summed E-state index contributed by atoms with van der Waals surface area (Å²) in [6.07, 6.45) is 1.59. The molecule has 0 atom stereocenters. The van der Waals surface area contributed by atoms with E-state index in [1.165, 1.54) is 0 Å². The lowest BCUT2D eigenvalue weighted by molar-refractivity contribution is -0.140. The Bertz CT molecular complexity index is 685. The molecule has 2 aliphatic rings. The minimum absolute atomic E-state index is 0.0486. The molecule has 2 saturated heterocycles. The number of rotatable bonds is 3. The Labute approximate surface area is 169 Å². The second-order valence-electron chi connectivity index (χ2n) is 7.57. The van der Waals surface area contributed by atoms with Crippen molar-refractivity contribution in [3.63, 3.8) is 0 Å². The monoisotopic (exact) mass is 414 g/mol. The van der Waals surface area contributed by atoms with E-state index in [0.717, 1.165) is 25.1 Å². The van der Waals surface area contributed by atoms with Crippen LogP contribution in [0.2, 0.25) is 5.02 Å². The summed E-state index contributed by atoms with van der Waals surface area (Å²) in [5, 5.41) is 0.626. The highest BCUT2D eigenvalue weighted by molar-refractivity contribution is 8.00. The fraction of sp³-hybridized carbons (Fsp3) is 0.579. The molecule has 0 saturated carbocycles. The number of thioether (sulfide) groups is 1. The van der Waals surface area contributed by atoms with Gasteiger partial charge in [0, 0.05) is 41.9 Å². The Hall–Kier alpha value is -0.910. The summed E-state index contributed by atoms with van der Waals surface area (Å²) in [4.78, 5) is 29.4. The largest absolute Gasteiger partial charge is 0.342 e. The van der Waals surface area contributed by atoms with Gasteiger partial charge in [0.1, 0.15) is 0 Å². The Morgan fingerprint density at radius 2 is 1.77 bits per heavy atom. The molecular formula is C19H24Cl2N2O2S. The topological polar surface area (TPSA) is 40.6 Å². The molecule has 1 aromatic rings. The van der Waals surface area contributed by atoms with Crippen LogP contribution >= 0.6 is 35.0 Å². The van der Waals surface area contributed by atoms with Gasteiger partial charge in [0.15, 0.2) is 0 Å². The highest BCUT2D eigenvalue weighted by Gasteiger charge is 2.48. The van der Waals surface area contributed by atoms with Crippen LogP contribution in [0.3, 0.4) is 0 Å². The minimum Gasteiger partial charge on any atom is -0.342 e. The predicted octanol–water partition coefficient (Wildman–Crippen LogP) is 4.11. The molecule has 0 radical (unpaired) electrons. The maximum atomic E-state index is 13.0. The van der Waals surface area contributed by atoms with Crippen LogP contribution in [0.15, 0.2) is 24.3 Å². The molecule has 0 bridgehead atoms. The lowest BCUT2D eigenvalue weighted by atomic mass is 9.92. The van der Waals surface area contributed by atoms with Gasteiger partial charge in [0.25, 0.3) is 5.91 Å². The highest BCUT2D eigenvalue weighted by Crippen LogP contribution is 2.45. The summed E-state index contributed by atoms with van der Waals surface area (Å²) in [6.45, 7) is 5.83. The predicted molar refractivity (Wildman–Crippen MR) is 108 cm³/mol. The fourth-order valence-electron chi connectivity index (χ4n) is 3.60. The van der Waals surface area contributed by atoms with Gasteiger partial charge < -0.3 is 9.80 Å². The van der Waals surface area contributed by atoms with Crippen molar-refractivity contribution in [2.75, 3.05) is 31.3 Å². The number of likely N-dealkylation sites (tertiary alicyclic amines) is 1. The number of amides is 2. The van der Waals surface area contributed by atoms with E-state index in [0.29, 0.717) is 29.6 Å². The van der Waals surface area contributed by atoms with Crippen LogP contribution in [0.1, 0.15) is 37.0 Å². The van der Waals surface area contributed by atoms with E-state index in [4.69, 9.17) is 23.2 Å². The van der Waals surface area contributed by atoms with Crippen LogP contribution in [-0.2, 0) is 4.79 Å². The number of carbonyl (C=O) groups is 2. The molecule has 1 spiro atoms. The van der Waals surface area contributed by atoms with Gasteiger partial charge in [-0.3, -0.25) is 9.59 Å². The summed E-state index contributed by atoms with van der Waals surface area (Å²) < 4.78 is 0. The van der Waals surface area contributed by atoms with Gasteiger partial charge >= 0.3 is 0 Å². The van der Waals surface area contributed by atoms with Crippen LogP contribution < -0.4 is 0 Å². The lowest BCUT2D eigenvalue weighted by Crippen LogP contribution is -2.55. The molecule has 0 unspecified atom stereocenters. The van der Waals surface area contributed by atoms with E-state index >= 15 is 0 Å². The van der Waals surface area contributed by atoms with Crippen LogP contribution in [0, 0.1) is 5.41 Å². The number of alkyl halides is 1. The summed E-state index contributed by atoms with van der Waals surface area (Å²) in [5.41, 5.74) is 0.117. The van der Waals surface area contributed by atoms with Gasteiger partial charge in [0.2, 0.25) is 5.91 Å². The molecule has 7 heteroatoms. The number of carbonyl (C=O) groups excluding carboxylic acids is 2. The first kappa shape index (κ1) is 19.8. The number of hydrogen-bond donors (Lipinski definition) is 0. The first-order valence-electron chi connectivity index (χ1n) is 8.86. The van der Waals surface area contributed by atoms with Gasteiger partial charge in [-0.05, 0) is 51.0 Å². The second-order valence-corrected chi connectivity index (χ2v) is 9.73. The molecule has 0 aliphatic carbocycles. The van der Waals surface area contributed by atoms with E-state index in [-0.39, 0.29) is 16.7 Å². The maximum Gasteiger partial charge on any atom is 0.254 e. The van der Waals surface area contributed by atoms with Crippen molar-refractivity contribution in [1.29, 1.82) is 0 Å². The van der Waals surface area contributed by atoms with Crippen LogP contribution in [-0.4, -0.2) is 57.8 Å². The zero-order valence-corrected chi connectivity index (χ0v) is 17.5. The maximum absolute atomic E-state index is 13.0. The van der Waals surface area contributed by atoms with Crippen molar-refractivity contribution < 1.29 is 9.59 Å². The quantitative estimate of drug-likeness (QED) is 0.698. The molecule has 1 aromatic carbocycles. The number of halogens is 2. The van der Waals surface area contributed by atoms with E-state index in [1.807, 2.05) is 35.4 Å². The van der Waals surface area contributed by atoms with Crippen molar-refractivity contribution in [2.45, 2.75) is 31.6 Å². The Kier molecular flexibility index (Phi) is 5.80. The van der Waals surface area contributed by atoms with E-state index in [2.05, 4.69) is 0 Å². The smallest absolute Gasteiger partial charge is 0.254 e. The molecule has 2 heterocycles. The molecular weight excluding hydrogens is 391 g/mol. The van der Waals surface area contributed by atoms with E-state index in [1.54, 1.807) is 24.3 Å². The lowest BCUT2D eigenvalue weighted by Gasteiger charge is -2.45. The van der Waals surface area contributed by atoms with Gasteiger partial charge in [-0.25, -0.2) is 0 Å². The van der Waals surface area contributed by atoms with Gasteiger partial charge in [-0.1, -0.05) is 11.6 Å². The van der Waals surface area contributed by atoms with Crippen molar-refractivity contribution in [2.24, 2.45) is 5.41 Å². The Morgan fingerprint density at radius 1 is 1.15 bits per heavy atom. The molecule has 3 rings (SSSR count). The fourth-order valence-corrected chi connectivity index (χ4v) is 5.30. The molecule has 2 amide bonds. The Balaban J connectivity index is 1.71. The van der Waals surface area contributed by atoms with E-state index in [9.17, 15) is 9.59 Å². The van der Waals surface area contributed by atoms with Gasteiger partial charge in [-0.2, -0.15) is 0 Å². The van der Waals surface area contributed by atoms with Crippen molar-refractivity contribution >= 4 is 46.8 Å². The second kappa shape index (κ2) is 7.61. The van der Waals surface area contributed by atoms with Crippen LogP contribution in [0.4, 0.5) is 0 Å². The van der Waals surface area contributed by atoms with E-state index < -0.39 is 5.41 Å². The molecule has 0 aromatic heterocycles. The summed E-state index contributed by atoms with van der Waals surface area (Å²) in [7, 11) is 0. The van der Waals surface area contributed by atoms with Crippen LogP contribution in [0.5, 0.6) is 0 Å². The van der Waals surface area contributed by atoms with Crippen molar-refractivity contribution in [3.05, 3.63) is 34.9 Å².